The molecule has 6 heteroatoms. The van der Waals surface area contributed by atoms with Crippen molar-refractivity contribution in [2.24, 2.45) is 0 Å². The van der Waals surface area contributed by atoms with Crippen LogP contribution in [0.25, 0.3) is 6.08 Å². The van der Waals surface area contributed by atoms with Crippen LogP contribution in [0.3, 0.4) is 0 Å². The highest BCUT2D eigenvalue weighted by atomic mass is 32.2. The summed E-state index contributed by atoms with van der Waals surface area (Å²) in [6.07, 6.45) is 3.62. The van der Waals surface area contributed by atoms with Gasteiger partial charge in [-0.3, -0.25) is 0 Å². The highest BCUT2D eigenvalue weighted by Gasteiger charge is 2.10. The first kappa shape index (κ1) is 20.6. The third-order valence-corrected chi connectivity index (χ3v) is 4.68. The van der Waals surface area contributed by atoms with Crippen molar-refractivity contribution in [1.82, 2.24) is 0 Å². The minimum atomic E-state index is 0.689. The first-order valence-corrected chi connectivity index (χ1v) is 9.34. The van der Waals surface area contributed by atoms with Crippen molar-refractivity contribution in [2.75, 3.05) is 33.8 Å². The average molecular weight is 388 g/mol. The average Bonchev–Trinajstić information content (AvgIpc) is 2.71. The van der Waals surface area contributed by atoms with Crippen LogP contribution in [-0.2, 0) is 5.75 Å². The number of anilines is 1. The quantitative estimate of drug-likeness (QED) is 0.606. The summed E-state index contributed by atoms with van der Waals surface area (Å²) in [4.78, 5) is 0. The minimum Gasteiger partial charge on any atom is -0.496 e. The Kier molecular flexibility index (Phi) is 7.95. The fraction of sp³-hybridized carbons (Fsp3) is 0.238. The number of rotatable bonds is 10. The van der Waals surface area contributed by atoms with Gasteiger partial charge in [0.15, 0.2) is 0 Å². The fourth-order valence-electron chi connectivity index (χ4n) is 2.53. The zero-order valence-electron chi connectivity index (χ0n) is 16.1. The molecule has 0 bridgehead atoms. The van der Waals surface area contributed by atoms with Crippen molar-refractivity contribution in [3.8, 4) is 23.0 Å². The summed E-state index contributed by atoms with van der Waals surface area (Å²) < 4.78 is 21.5. The second kappa shape index (κ2) is 10.4. The van der Waals surface area contributed by atoms with Crippen LogP contribution in [0.5, 0.6) is 23.0 Å². The van der Waals surface area contributed by atoms with Gasteiger partial charge in [0.2, 0.25) is 0 Å². The Bertz CT molecular complexity index is 780. The molecule has 0 amide bonds. The fourth-order valence-corrected chi connectivity index (χ4v) is 3.23. The van der Waals surface area contributed by atoms with Crippen LogP contribution in [0.15, 0.2) is 48.5 Å². The van der Waals surface area contributed by atoms with Crippen molar-refractivity contribution >= 4 is 23.5 Å². The van der Waals surface area contributed by atoms with Gasteiger partial charge < -0.3 is 24.3 Å². The van der Waals surface area contributed by atoms with E-state index in [2.05, 4.69) is 18.0 Å². The molecular weight excluding hydrogens is 362 g/mol. The van der Waals surface area contributed by atoms with Gasteiger partial charge in [-0.2, -0.15) is 0 Å². The number of benzene rings is 2. The molecule has 0 radical (unpaired) electrons. The van der Waals surface area contributed by atoms with Gasteiger partial charge in [0.1, 0.15) is 23.0 Å². The summed E-state index contributed by atoms with van der Waals surface area (Å²) in [7, 11) is 6.52. The van der Waals surface area contributed by atoms with E-state index in [0.29, 0.717) is 17.2 Å². The molecule has 0 spiro atoms. The van der Waals surface area contributed by atoms with Crippen molar-refractivity contribution in [2.45, 2.75) is 5.75 Å². The number of ether oxygens (including phenoxy) is 4. The van der Waals surface area contributed by atoms with Gasteiger partial charge in [-0.05, 0) is 35.4 Å². The molecule has 0 atom stereocenters. The maximum Gasteiger partial charge on any atom is 0.142 e. The van der Waals surface area contributed by atoms with Crippen LogP contribution in [0.4, 0.5) is 5.69 Å². The lowest BCUT2D eigenvalue weighted by Crippen LogP contribution is -1.94. The highest BCUT2D eigenvalue weighted by molar-refractivity contribution is 8.01. The Hall–Kier alpha value is -2.73. The van der Waals surface area contributed by atoms with Crippen LogP contribution in [0.1, 0.15) is 11.1 Å². The monoisotopic (exact) mass is 387 g/mol. The standard InChI is InChI=1S/C21H25NO4S/c1-6-22-18-11-15(7-8-19(18)24-3)14-27-10-9-17-20(25-4)12-16(23-2)13-21(17)26-5/h6-13,22H,1,14H2,2-5H3/b10-9+. The third-order valence-electron chi connectivity index (χ3n) is 3.86. The zero-order chi connectivity index (χ0) is 19.6. The Morgan fingerprint density at radius 1 is 0.926 bits per heavy atom. The second-order valence-corrected chi connectivity index (χ2v) is 6.34. The Balaban J connectivity index is 2.12. The lowest BCUT2D eigenvalue weighted by Gasteiger charge is -2.12. The SMILES string of the molecule is C=CNc1cc(CS/C=C/c2c(OC)cc(OC)cc2OC)ccc1OC. The number of hydrogen-bond acceptors (Lipinski definition) is 6. The molecule has 2 aromatic carbocycles. The predicted molar refractivity (Wildman–Crippen MR) is 113 cm³/mol. The van der Waals surface area contributed by atoms with Crippen LogP contribution in [0.2, 0.25) is 0 Å². The van der Waals surface area contributed by atoms with Gasteiger partial charge in [0.05, 0.1) is 39.7 Å². The molecule has 0 saturated heterocycles. The van der Waals surface area contributed by atoms with Gasteiger partial charge in [-0.1, -0.05) is 12.6 Å². The van der Waals surface area contributed by atoms with Gasteiger partial charge >= 0.3 is 0 Å². The second-order valence-electron chi connectivity index (χ2n) is 5.44. The Labute approximate surface area is 165 Å². The van der Waals surface area contributed by atoms with E-state index >= 15 is 0 Å². The zero-order valence-corrected chi connectivity index (χ0v) is 16.9. The number of nitrogens with one attached hydrogen (secondary N) is 1. The molecule has 0 heterocycles. The predicted octanol–water partition coefficient (Wildman–Crippen LogP) is 5.18. The molecule has 0 aromatic heterocycles. The maximum atomic E-state index is 5.46. The van der Waals surface area contributed by atoms with Crippen LogP contribution >= 0.6 is 11.8 Å². The normalized spacial score (nSPS) is 10.5. The van der Waals surface area contributed by atoms with Crippen molar-refractivity contribution < 1.29 is 18.9 Å². The van der Waals surface area contributed by atoms with Crippen molar-refractivity contribution in [1.29, 1.82) is 0 Å². The molecule has 0 fully saturated rings. The van der Waals surface area contributed by atoms with Gasteiger partial charge in [0.25, 0.3) is 0 Å². The maximum absolute atomic E-state index is 5.46. The Morgan fingerprint density at radius 2 is 1.59 bits per heavy atom. The van der Waals surface area contributed by atoms with Crippen molar-refractivity contribution in [3.63, 3.8) is 0 Å². The van der Waals surface area contributed by atoms with Gasteiger partial charge in [0, 0.05) is 17.9 Å². The molecule has 0 aliphatic rings. The molecule has 2 rings (SSSR count). The molecule has 5 nitrogen and oxygen atoms in total. The van der Waals surface area contributed by atoms with Crippen LogP contribution < -0.4 is 24.3 Å². The molecule has 1 N–H and O–H groups in total. The molecule has 0 unspecified atom stereocenters. The Morgan fingerprint density at radius 3 is 2.15 bits per heavy atom. The number of thioether (sulfide) groups is 1. The van der Waals surface area contributed by atoms with E-state index in [1.165, 1.54) is 5.56 Å². The van der Waals surface area contributed by atoms with E-state index in [9.17, 15) is 0 Å². The smallest absolute Gasteiger partial charge is 0.142 e. The van der Waals surface area contributed by atoms with E-state index in [1.54, 1.807) is 46.4 Å². The van der Waals surface area contributed by atoms with Gasteiger partial charge in [-0.25, -0.2) is 0 Å². The van der Waals surface area contributed by atoms with E-state index in [1.807, 2.05) is 35.7 Å². The van der Waals surface area contributed by atoms with Gasteiger partial charge in [-0.15, -0.1) is 11.8 Å². The highest BCUT2D eigenvalue weighted by Crippen LogP contribution is 2.35. The minimum absolute atomic E-state index is 0.689. The summed E-state index contributed by atoms with van der Waals surface area (Å²) >= 11 is 1.67. The molecule has 27 heavy (non-hydrogen) atoms. The molecule has 0 saturated carbocycles. The first-order valence-electron chi connectivity index (χ1n) is 8.29. The van der Waals surface area contributed by atoms with E-state index in [-0.39, 0.29) is 0 Å². The summed E-state index contributed by atoms with van der Waals surface area (Å²) in [5.41, 5.74) is 2.94. The number of methoxy groups -OCH3 is 4. The molecule has 2 aromatic rings. The summed E-state index contributed by atoms with van der Waals surface area (Å²) in [6.45, 7) is 3.70. The largest absolute Gasteiger partial charge is 0.496 e. The van der Waals surface area contributed by atoms with Crippen LogP contribution in [-0.4, -0.2) is 28.4 Å². The van der Waals surface area contributed by atoms with E-state index < -0.39 is 0 Å². The van der Waals surface area contributed by atoms with E-state index in [4.69, 9.17) is 18.9 Å². The van der Waals surface area contributed by atoms with Crippen molar-refractivity contribution in [3.05, 3.63) is 59.6 Å². The summed E-state index contributed by atoms with van der Waals surface area (Å²) in [5.74, 6) is 3.68. The van der Waals surface area contributed by atoms with E-state index in [0.717, 1.165) is 22.8 Å². The lowest BCUT2D eigenvalue weighted by atomic mass is 10.1. The summed E-state index contributed by atoms with van der Waals surface area (Å²) in [5, 5.41) is 5.12. The third kappa shape index (κ3) is 5.37. The molecular formula is C21H25NO4S. The first-order chi connectivity index (χ1) is 13.2. The number of hydrogen-bond donors (Lipinski definition) is 1. The molecule has 0 aliphatic heterocycles. The topological polar surface area (TPSA) is 49.0 Å². The lowest BCUT2D eigenvalue weighted by molar-refractivity contribution is 0.374. The summed E-state index contributed by atoms with van der Waals surface area (Å²) in [6, 6.07) is 9.71. The molecule has 144 valence electrons. The molecule has 0 aliphatic carbocycles. The van der Waals surface area contributed by atoms with Crippen LogP contribution in [0, 0.1) is 0 Å².